The molecule has 1 aliphatic rings. The zero-order valence-electron chi connectivity index (χ0n) is 6.99. The van der Waals surface area contributed by atoms with Gasteiger partial charge in [0.15, 0.2) is 9.84 Å². The summed E-state index contributed by atoms with van der Waals surface area (Å²) in [5, 5.41) is 9.13. The highest BCUT2D eigenvalue weighted by atomic mass is 32.2. The Labute approximate surface area is 75.7 Å². The first-order chi connectivity index (χ1) is 5.91. The van der Waals surface area contributed by atoms with Gasteiger partial charge in [0.2, 0.25) is 6.43 Å². The Bertz CT molecular complexity index is 263. The van der Waals surface area contributed by atoms with Gasteiger partial charge < -0.3 is 5.11 Å². The normalized spacial score (nSPS) is 34.5. The van der Waals surface area contributed by atoms with Gasteiger partial charge >= 0.3 is 0 Å². The van der Waals surface area contributed by atoms with E-state index in [1.54, 1.807) is 0 Å². The molecule has 1 N–H and O–H groups in total. The lowest BCUT2D eigenvalue weighted by Crippen LogP contribution is -2.21. The fourth-order valence-corrected chi connectivity index (χ4v) is 3.02. The van der Waals surface area contributed by atoms with Crippen molar-refractivity contribution in [2.45, 2.75) is 25.4 Å². The van der Waals surface area contributed by atoms with Gasteiger partial charge in [-0.2, -0.15) is 0 Å². The topological polar surface area (TPSA) is 54.4 Å². The summed E-state index contributed by atoms with van der Waals surface area (Å²) in [6.07, 6.45) is -3.83. The SMILES string of the molecule is O=S1(=O)CC[C@H](C(F)F)C[C@H](O)C1. The lowest BCUT2D eigenvalue weighted by atomic mass is 10.0. The van der Waals surface area contributed by atoms with E-state index in [2.05, 4.69) is 0 Å². The molecule has 1 fully saturated rings. The molecule has 0 unspecified atom stereocenters. The highest BCUT2D eigenvalue weighted by Gasteiger charge is 2.31. The molecule has 0 aromatic carbocycles. The summed E-state index contributed by atoms with van der Waals surface area (Å²) < 4.78 is 46.5. The Morgan fingerprint density at radius 2 is 2.00 bits per heavy atom. The fourth-order valence-electron chi connectivity index (χ4n) is 1.47. The van der Waals surface area contributed by atoms with Gasteiger partial charge in [0.1, 0.15) is 0 Å². The van der Waals surface area contributed by atoms with Gasteiger partial charge in [-0.05, 0) is 12.8 Å². The zero-order chi connectivity index (χ0) is 10.1. The standard InChI is InChI=1S/C7H12F2O3S/c8-7(9)5-1-2-13(11,12)4-6(10)3-5/h5-7,10H,1-4H2/t5-,6-/m0/s1. The zero-order valence-corrected chi connectivity index (χ0v) is 7.80. The highest BCUT2D eigenvalue weighted by Crippen LogP contribution is 2.24. The van der Waals surface area contributed by atoms with E-state index in [0.717, 1.165) is 0 Å². The number of hydrogen-bond acceptors (Lipinski definition) is 3. The second-order valence-corrected chi connectivity index (χ2v) is 5.62. The molecule has 0 spiro atoms. The van der Waals surface area contributed by atoms with Crippen molar-refractivity contribution in [3.63, 3.8) is 0 Å². The molecule has 1 rings (SSSR count). The molecule has 1 saturated heterocycles. The molecule has 0 aliphatic carbocycles. The summed E-state index contributed by atoms with van der Waals surface area (Å²) in [7, 11) is -3.32. The number of sulfone groups is 1. The third kappa shape index (κ3) is 3.19. The van der Waals surface area contributed by atoms with Gasteiger partial charge in [-0.3, -0.25) is 0 Å². The van der Waals surface area contributed by atoms with Crippen LogP contribution >= 0.6 is 0 Å². The van der Waals surface area contributed by atoms with E-state index in [-0.39, 0.29) is 24.3 Å². The average molecular weight is 214 g/mol. The quantitative estimate of drug-likeness (QED) is 0.689. The Morgan fingerprint density at radius 3 is 2.54 bits per heavy atom. The van der Waals surface area contributed by atoms with Crippen molar-refractivity contribution in [2.24, 2.45) is 5.92 Å². The molecule has 1 aliphatic heterocycles. The maximum atomic E-state index is 12.2. The monoisotopic (exact) mass is 214 g/mol. The Morgan fingerprint density at radius 1 is 1.38 bits per heavy atom. The van der Waals surface area contributed by atoms with E-state index in [9.17, 15) is 17.2 Å². The predicted molar refractivity (Wildman–Crippen MR) is 43.4 cm³/mol. The molecular weight excluding hydrogens is 202 g/mol. The first-order valence-electron chi connectivity index (χ1n) is 4.07. The summed E-state index contributed by atoms with van der Waals surface area (Å²) in [5.74, 6) is -1.60. The molecule has 6 heteroatoms. The lowest BCUT2D eigenvalue weighted by Gasteiger charge is -2.13. The largest absolute Gasteiger partial charge is 0.392 e. The van der Waals surface area contributed by atoms with Gasteiger partial charge in [-0.1, -0.05) is 0 Å². The molecule has 0 aromatic rings. The van der Waals surface area contributed by atoms with Crippen LogP contribution < -0.4 is 0 Å². The highest BCUT2D eigenvalue weighted by molar-refractivity contribution is 7.91. The molecule has 2 atom stereocenters. The molecular formula is C7H12F2O3S. The van der Waals surface area contributed by atoms with Gasteiger partial charge in [0.05, 0.1) is 17.6 Å². The third-order valence-electron chi connectivity index (χ3n) is 2.18. The Kier molecular flexibility index (Phi) is 3.23. The molecule has 0 saturated carbocycles. The summed E-state index contributed by atoms with van der Waals surface area (Å²) in [4.78, 5) is 0. The van der Waals surface area contributed by atoms with Gasteiger partial charge in [-0.15, -0.1) is 0 Å². The van der Waals surface area contributed by atoms with Crippen LogP contribution in [0.1, 0.15) is 12.8 Å². The summed E-state index contributed by atoms with van der Waals surface area (Å²) >= 11 is 0. The first kappa shape index (κ1) is 10.8. The fraction of sp³-hybridized carbons (Fsp3) is 1.00. The number of halogens is 2. The Balaban J connectivity index is 2.69. The number of aliphatic hydroxyl groups is 1. The minimum absolute atomic E-state index is 0.0446. The molecule has 0 bridgehead atoms. The predicted octanol–water partition coefficient (Wildman–Crippen LogP) is 0.437. The lowest BCUT2D eigenvalue weighted by molar-refractivity contribution is 0.0451. The third-order valence-corrected chi connectivity index (χ3v) is 3.93. The van der Waals surface area contributed by atoms with Crippen LogP contribution in [-0.4, -0.2) is 37.6 Å². The van der Waals surface area contributed by atoms with Gasteiger partial charge in [0, 0.05) is 5.92 Å². The summed E-state index contributed by atoms with van der Waals surface area (Å²) in [5.41, 5.74) is 0. The number of aliphatic hydroxyl groups excluding tert-OH is 1. The van der Waals surface area contributed by atoms with Crippen molar-refractivity contribution in [1.29, 1.82) is 0 Å². The van der Waals surface area contributed by atoms with Crippen molar-refractivity contribution in [1.82, 2.24) is 0 Å². The first-order valence-corrected chi connectivity index (χ1v) is 5.89. The van der Waals surface area contributed by atoms with Crippen molar-refractivity contribution >= 4 is 9.84 Å². The van der Waals surface area contributed by atoms with E-state index in [1.165, 1.54) is 0 Å². The van der Waals surface area contributed by atoms with Crippen LogP contribution in [0.4, 0.5) is 8.78 Å². The molecule has 1 heterocycles. The minimum atomic E-state index is -3.32. The van der Waals surface area contributed by atoms with Crippen LogP contribution in [0.25, 0.3) is 0 Å². The molecule has 3 nitrogen and oxygen atoms in total. The van der Waals surface area contributed by atoms with Crippen LogP contribution in [-0.2, 0) is 9.84 Å². The van der Waals surface area contributed by atoms with Crippen molar-refractivity contribution in [3.05, 3.63) is 0 Å². The van der Waals surface area contributed by atoms with Crippen molar-refractivity contribution in [2.75, 3.05) is 11.5 Å². The van der Waals surface area contributed by atoms with Crippen LogP contribution in [0.15, 0.2) is 0 Å². The van der Waals surface area contributed by atoms with E-state index in [0.29, 0.717) is 0 Å². The number of alkyl halides is 2. The van der Waals surface area contributed by atoms with Crippen molar-refractivity contribution in [3.8, 4) is 0 Å². The maximum Gasteiger partial charge on any atom is 0.241 e. The Hall–Kier alpha value is -0.230. The maximum absolute atomic E-state index is 12.2. The van der Waals surface area contributed by atoms with Crippen LogP contribution in [0.3, 0.4) is 0 Å². The second-order valence-electron chi connectivity index (χ2n) is 3.39. The summed E-state index contributed by atoms with van der Waals surface area (Å²) in [6.45, 7) is 0. The molecule has 0 radical (unpaired) electrons. The van der Waals surface area contributed by atoms with Crippen LogP contribution in [0, 0.1) is 5.92 Å². The van der Waals surface area contributed by atoms with E-state index in [4.69, 9.17) is 5.11 Å². The summed E-state index contributed by atoms with van der Waals surface area (Å²) in [6, 6.07) is 0. The average Bonchev–Trinajstić information content (AvgIpc) is 2.07. The van der Waals surface area contributed by atoms with E-state index in [1.807, 2.05) is 0 Å². The number of hydrogen-bond donors (Lipinski definition) is 1. The van der Waals surface area contributed by atoms with E-state index >= 15 is 0 Å². The van der Waals surface area contributed by atoms with Gasteiger partial charge in [-0.25, -0.2) is 17.2 Å². The molecule has 0 amide bonds. The van der Waals surface area contributed by atoms with Gasteiger partial charge in [0.25, 0.3) is 0 Å². The smallest absolute Gasteiger partial charge is 0.241 e. The van der Waals surface area contributed by atoms with E-state index < -0.39 is 28.3 Å². The second kappa shape index (κ2) is 3.88. The number of rotatable bonds is 1. The van der Waals surface area contributed by atoms with Crippen molar-refractivity contribution < 1.29 is 22.3 Å². The molecule has 0 aromatic heterocycles. The van der Waals surface area contributed by atoms with Crippen LogP contribution in [0.5, 0.6) is 0 Å². The molecule has 13 heavy (non-hydrogen) atoms. The van der Waals surface area contributed by atoms with Crippen LogP contribution in [0.2, 0.25) is 0 Å². The minimum Gasteiger partial charge on any atom is -0.392 e. The molecule has 78 valence electrons.